The number of halogens is 3. The molecule has 36 heavy (non-hydrogen) atoms. The van der Waals surface area contributed by atoms with Crippen LogP contribution in [0.3, 0.4) is 0 Å². The number of methoxy groups -OCH3 is 2. The van der Waals surface area contributed by atoms with Crippen LogP contribution in [0, 0.1) is 5.41 Å². The first-order valence-electron chi connectivity index (χ1n) is 11.6. The predicted octanol–water partition coefficient (Wildman–Crippen LogP) is 3.81. The van der Waals surface area contributed by atoms with Gasteiger partial charge in [-0.05, 0) is 55.0 Å². The maximum Gasteiger partial charge on any atom is 0.422 e. The maximum atomic E-state index is 13.2. The highest BCUT2D eigenvalue weighted by Crippen LogP contribution is 2.41. The van der Waals surface area contributed by atoms with E-state index in [0.29, 0.717) is 56.1 Å². The third-order valence-corrected chi connectivity index (χ3v) is 6.85. The second kappa shape index (κ2) is 10.2. The van der Waals surface area contributed by atoms with Crippen LogP contribution in [0.1, 0.15) is 40.0 Å². The lowest BCUT2D eigenvalue weighted by atomic mass is 9.77. The zero-order chi connectivity index (χ0) is 25.9. The Kier molecular flexibility index (Phi) is 7.28. The number of piperidine rings is 1. The van der Waals surface area contributed by atoms with Crippen LogP contribution in [0.15, 0.2) is 36.5 Å². The summed E-state index contributed by atoms with van der Waals surface area (Å²) < 4.78 is 53.2. The summed E-state index contributed by atoms with van der Waals surface area (Å²) in [6.45, 7) is 0.465. The minimum atomic E-state index is -4.53. The van der Waals surface area contributed by atoms with Gasteiger partial charge in [0.15, 0.2) is 6.61 Å². The van der Waals surface area contributed by atoms with Crippen molar-refractivity contribution in [3.63, 3.8) is 0 Å². The molecule has 8 nitrogen and oxygen atoms in total. The van der Waals surface area contributed by atoms with Gasteiger partial charge < -0.3 is 24.0 Å². The Bertz CT molecular complexity index is 1120. The third-order valence-electron chi connectivity index (χ3n) is 6.85. The van der Waals surface area contributed by atoms with Crippen LogP contribution in [0.5, 0.6) is 17.4 Å². The molecule has 1 aromatic heterocycles. The summed E-state index contributed by atoms with van der Waals surface area (Å²) in [6.07, 6.45) is -1.07. The van der Waals surface area contributed by atoms with Gasteiger partial charge >= 0.3 is 6.18 Å². The van der Waals surface area contributed by atoms with Crippen LogP contribution >= 0.6 is 0 Å². The molecule has 0 bridgehead atoms. The Morgan fingerprint density at radius 3 is 2.28 bits per heavy atom. The van der Waals surface area contributed by atoms with Crippen LogP contribution in [-0.4, -0.2) is 79.8 Å². The Balaban J connectivity index is 1.40. The van der Waals surface area contributed by atoms with Gasteiger partial charge in [0.1, 0.15) is 17.1 Å². The molecule has 2 aromatic rings. The Labute approximate surface area is 206 Å². The molecule has 4 rings (SSSR count). The number of alkyl halides is 3. The Morgan fingerprint density at radius 2 is 1.64 bits per heavy atom. The van der Waals surface area contributed by atoms with E-state index in [0.717, 1.165) is 6.42 Å². The summed E-state index contributed by atoms with van der Waals surface area (Å²) in [5.74, 6) is 0.156. The molecular weight excluding hydrogens is 479 g/mol. The molecule has 0 aliphatic carbocycles. The fourth-order valence-corrected chi connectivity index (χ4v) is 4.84. The van der Waals surface area contributed by atoms with E-state index in [1.807, 2.05) is 0 Å². The van der Waals surface area contributed by atoms with Gasteiger partial charge in [0.05, 0.1) is 19.8 Å². The molecule has 2 aliphatic rings. The van der Waals surface area contributed by atoms with E-state index in [1.165, 1.54) is 32.5 Å². The van der Waals surface area contributed by atoms with E-state index in [-0.39, 0.29) is 22.8 Å². The van der Waals surface area contributed by atoms with Gasteiger partial charge in [-0.15, -0.1) is 0 Å². The number of hydrogen-bond donors (Lipinski definition) is 0. The number of hydrogen-bond acceptors (Lipinski definition) is 6. The number of aromatic nitrogens is 1. The van der Waals surface area contributed by atoms with Gasteiger partial charge in [0, 0.05) is 32.4 Å². The smallest absolute Gasteiger partial charge is 0.422 e. The van der Waals surface area contributed by atoms with Crippen molar-refractivity contribution in [1.82, 2.24) is 14.8 Å². The van der Waals surface area contributed by atoms with Crippen LogP contribution < -0.4 is 14.2 Å². The standard InChI is InChI=1S/C25H28F3N3O5/c1-34-17-5-6-20(35-2)19(14-17)23(33)30-11-7-24(8-12-30)9-13-31(15-24)22(32)18-4-3-10-29-21(18)36-16-25(26,27)28/h3-6,10,14H,7-9,11-13,15-16H2,1-2H3. The lowest BCUT2D eigenvalue weighted by molar-refractivity contribution is -0.154. The molecule has 11 heteroatoms. The minimum Gasteiger partial charge on any atom is -0.497 e. The normalized spacial score (nSPS) is 17.2. The molecule has 1 aromatic carbocycles. The number of pyridine rings is 1. The predicted molar refractivity (Wildman–Crippen MR) is 123 cm³/mol. The zero-order valence-electron chi connectivity index (χ0n) is 20.1. The van der Waals surface area contributed by atoms with E-state index in [1.54, 1.807) is 28.0 Å². The summed E-state index contributed by atoms with van der Waals surface area (Å²) in [6, 6.07) is 8.01. The quantitative estimate of drug-likeness (QED) is 0.592. The number of nitrogens with zero attached hydrogens (tertiary/aromatic N) is 3. The second-order valence-electron chi connectivity index (χ2n) is 9.10. The average molecular weight is 508 g/mol. The molecule has 2 fully saturated rings. The molecule has 3 heterocycles. The van der Waals surface area contributed by atoms with E-state index < -0.39 is 18.7 Å². The molecule has 0 unspecified atom stereocenters. The molecule has 0 saturated carbocycles. The highest BCUT2D eigenvalue weighted by Gasteiger charge is 2.43. The molecule has 2 amide bonds. The molecule has 0 atom stereocenters. The maximum absolute atomic E-state index is 13.2. The molecule has 0 radical (unpaired) electrons. The third kappa shape index (κ3) is 5.50. The van der Waals surface area contributed by atoms with Crippen LogP contribution in [0.2, 0.25) is 0 Å². The zero-order valence-corrected chi connectivity index (χ0v) is 20.1. The number of ether oxygens (including phenoxy) is 3. The average Bonchev–Trinajstić information content (AvgIpc) is 3.29. The van der Waals surface area contributed by atoms with Crippen molar-refractivity contribution >= 4 is 11.8 Å². The monoisotopic (exact) mass is 507 g/mol. The number of likely N-dealkylation sites (tertiary alicyclic amines) is 2. The molecule has 2 saturated heterocycles. The molecule has 0 N–H and O–H groups in total. The van der Waals surface area contributed by atoms with Crippen molar-refractivity contribution in [1.29, 1.82) is 0 Å². The highest BCUT2D eigenvalue weighted by atomic mass is 19.4. The van der Waals surface area contributed by atoms with Gasteiger partial charge in [-0.1, -0.05) is 0 Å². The summed E-state index contributed by atoms with van der Waals surface area (Å²) in [7, 11) is 3.04. The first-order chi connectivity index (χ1) is 17.1. The molecule has 194 valence electrons. The summed E-state index contributed by atoms with van der Waals surface area (Å²) in [5.41, 5.74) is 0.288. The van der Waals surface area contributed by atoms with Crippen molar-refractivity contribution in [3.8, 4) is 17.4 Å². The van der Waals surface area contributed by atoms with E-state index >= 15 is 0 Å². The summed E-state index contributed by atoms with van der Waals surface area (Å²) in [4.78, 5) is 33.6. The van der Waals surface area contributed by atoms with Gasteiger partial charge in [0.2, 0.25) is 5.88 Å². The van der Waals surface area contributed by atoms with Gasteiger partial charge in [-0.2, -0.15) is 13.2 Å². The van der Waals surface area contributed by atoms with Crippen LogP contribution in [0.4, 0.5) is 13.2 Å². The topological polar surface area (TPSA) is 81.2 Å². The first-order valence-corrected chi connectivity index (χ1v) is 11.6. The number of benzene rings is 1. The number of carbonyl (C=O) groups is 2. The van der Waals surface area contributed by atoms with Crippen molar-refractivity contribution < 1.29 is 37.0 Å². The van der Waals surface area contributed by atoms with Crippen molar-refractivity contribution in [2.45, 2.75) is 25.4 Å². The number of rotatable bonds is 6. The molecule has 2 aliphatic heterocycles. The van der Waals surface area contributed by atoms with Crippen molar-refractivity contribution in [3.05, 3.63) is 47.7 Å². The Morgan fingerprint density at radius 1 is 0.972 bits per heavy atom. The molecular formula is C25H28F3N3O5. The molecule has 1 spiro atoms. The number of amides is 2. The SMILES string of the molecule is COc1ccc(OC)c(C(=O)N2CCC3(CC2)CCN(C(=O)c2cccnc2OCC(F)(F)F)C3)c1. The summed E-state index contributed by atoms with van der Waals surface area (Å²) in [5, 5.41) is 0. The van der Waals surface area contributed by atoms with Crippen molar-refractivity contribution in [2.24, 2.45) is 5.41 Å². The van der Waals surface area contributed by atoms with Crippen LogP contribution in [-0.2, 0) is 0 Å². The van der Waals surface area contributed by atoms with Gasteiger partial charge in [-0.3, -0.25) is 9.59 Å². The fourth-order valence-electron chi connectivity index (χ4n) is 4.84. The Hall–Kier alpha value is -3.50. The largest absolute Gasteiger partial charge is 0.497 e. The van der Waals surface area contributed by atoms with Gasteiger partial charge in [-0.25, -0.2) is 4.98 Å². The van der Waals surface area contributed by atoms with Crippen LogP contribution in [0.25, 0.3) is 0 Å². The lowest BCUT2D eigenvalue weighted by Gasteiger charge is -2.39. The van der Waals surface area contributed by atoms with E-state index in [9.17, 15) is 22.8 Å². The second-order valence-corrected chi connectivity index (χ2v) is 9.10. The summed E-state index contributed by atoms with van der Waals surface area (Å²) >= 11 is 0. The lowest BCUT2D eigenvalue weighted by Crippen LogP contribution is -2.44. The minimum absolute atomic E-state index is 0.0107. The van der Waals surface area contributed by atoms with Crippen molar-refractivity contribution in [2.75, 3.05) is 47.0 Å². The van der Waals surface area contributed by atoms with E-state index in [4.69, 9.17) is 14.2 Å². The fraction of sp³-hybridized carbons (Fsp3) is 0.480. The number of carbonyl (C=O) groups excluding carboxylic acids is 2. The highest BCUT2D eigenvalue weighted by molar-refractivity contribution is 5.98. The van der Waals surface area contributed by atoms with Gasteiger partial charge in [0.25, 0.3) is 11.8 Å². The first kappa shape index (κ1) is 25.6. The van der Waals surface area contributed by atoms with E-state index in [2.05, 4.69) is 4.98 Å².